The highest BCUT2D eigenvalue weighted by atomic mass is 32.2. The first-order chi connectivity index (χ1) is 10.6. The van der Waals surface area contributed by atoms with Crippen molar-refractivity contribution in [2.24, 2.45) is 5.92 Å². The molecule has 2 aromatic rings. The fourth-order valence-corrected chi connectivity index (χ4v) is 4.68. The van der Waals surface area contributed by atoms with Gasteiger partial charge in [-0.05, 0) is 50.2 Å². The minimum absolute atomic E-state index is 0.0724. The first-order valence-electron chi connectivity index (χ1n) is 7.79. The van der Waals surface area contributed by atoms with Crippen molar-refractivity contribution in [2.75, 3.05) is 13.1 Å². The molecule has 3 rings (SSSR count). The van der Waals surface area contributed by atoms with Crippen molar-refractivity contribution in [1.29, 1.82) is 0 Å². The molecule has 22 heavy (non-hydrogen) atoms. The zero-order chi connectivity index (χ0) is 15.6. The van der Waals surface area contributed by atoms with Gasteiger partial charge in [-0.3, -0.25) is 0 Å². The number of sulfonamides is 1. The van der Waals surface area contributed by atoms with E-state index in [1.807, 2.05) is 37.3 Å². The molecule has 2 atom stereocenters. The summed E-state index contributed by atoms with van der Waals surface area (Å²) in [6, 6.07) is 12.9. The van der Waals surface area contributed by atoms with Crippen molar-refractivity contribution in [2.45, 2.75) is 30.7 Å². The molecule has 2 unspecified atom stereocenters. The molecule has 1 fully saturated rings. The van der Waals surface area contributed by atoms with Gasteiger partial charge in [-0.15, -0.1) is 0 Å². The van der Waals surface area contributed by atoms with Crippen LogP contribution in [0.25, 0.3) is 10.8 Å². The highest BCUT2D eigenvalue weighted by Crippen LogP contribution is 2.24. The van der Waals surface area contributed by atoms with E-state index in [2.05, 4.69) is 10.0 Å². The first kappa shape index (κ1) is 15.5. The molecule has 1 heterocycles. The minimum atomic E-state index is -3.51. The predicted octanol–water partition coefficient (Wildman–Crippen LogP) is 2.51. The molecule has 0 aliphatic carbocycles. The van der Waals surface area contributed by atoms with Crippen LogP contribution in [0, 0.1) is 5.92 Å². The average Bonchev–Trinajstić information content (AvgIpc) is 2.54. The summed E-state index contributed by atoms with van der Waals surface area (Å²) < 4.78 is 28.4. The smallest absolute Gasteiger partial charge is 0.241 e. The largest absolute Gasteiger partial charge is 0.316 e. The van der Waals surface area contributed by atoms with Crippen LogP contribution in [0.3, 0.4) is 0 Å². The third-order valence-corrected chi connectivity index (χ3v) is 6.04. The van der Waals surface area contributed by atoms with Crippen molar-refractivity contribution >= 4 is 20.8 Å². The topological polar surface area (TPSA) is 58.2 Å². The summed E-state index contributed by atoms with van der Waals surface area (Å²) in [5, 5.41) is 5.05. The van der Waals surface area contributed by atoms with Gasteiger partial charge in [-0.25, -0.2) is 13.1 Å². The van der Waals surface area contributed by atoms with Crippen LogP contribution < -0.4 is 10.0 Å². The normalized spacial score (nSPS) is 20.9. The highest BCUT2D eigenvalue weighted by molar-refractivity contribution is 7.89. The molecule has 4 nitrogen and oxygen atoms in total. The molecule has 2 N–H and O–H groups in total. The summed E-state index contributed by atoms with van der Waals surface area (Å²) in [6.07, 6.45) is 2.16. The number of nitrogens with one attached hydrogen (secondary N) is 2. The van der Waals surface area contributed by atoms with Crippen LogP contribution in [0.15, 0.2) is 47.4 Å². The Kier molecular flexibility index (Phi) is 4.47. The van der Waals surface area contributed by atoms with Gasteiger partial charge < -0.3 is 5.32 Å². The molecule has 0 bridgehead atoms. The van der Waals surface area contributed by atoms with E-state index < -0.39 is 10.0 Å². The molecule has 2 aromatic carbocycles. The summed E-state index contributed by atoms with van der Waals surface area (Å²) in [5.74, 6) is 0.346. The molecular formula is C17H22N2O2S. The molecule has 0 saturated carbocycles. The highest BCUT2D eigenvalue weighted by Gasteiger charge is 2.25. The zero-order valence-electron chi connectivity index (χ0n) is 12.7. The average molecular weight is 318 g/mol. The van der Waals surface area contributed by atoms with Crippen molar-refractivity contribution in [3.05, 3.63) is 42.5 Å². The van der Waals surface area contributed by atoms with Gasteiger partial charge in [0.2, 0.25) is 10.0 Å². The van der Waals surface area contributed by atoms with E-state index in [0.29, 0.717) is 10.8 Å². The predicted molar refractivity (Wildman–Crippen MR) is 89.3 cm³/mol. The van der Waals surface area contributed by atoms with Gasteiger partial charge in [0.05, 0.1) is 4.90 Å². The lowest BCUT2D eigenvalue weighted by Crippen LogP contribution is -2.44. The second-order valence-corrected chi connectivity index (χ2v) is 7.68. The van der Waals surface area contributed by atoms with Crippen molar-refractivity contribution in [1.82, 2.24) is 10.0 Å². The van der Waals surface area contributed by atoms with Gasteiger partial charge in [0.25, 0.3) is 0 Å². The Hall–Kier alpha value is -1.43. The van der Waals surface area contributed by atoms with Crippen LogP contribution in [0.2, 0.25) is 0 Å². The fraction of sp³-hybridized carbons (Fsp3) is 0.412. The van der Waals surface area contributed by atoms with Crippen LogP contribution in [0.4, 0.5) is 0 Å². The van der Waals surface area contributed by atoms with E-state index in [1.54, 1.807) is 12.1 Å². The number of benzene rings is 2. The molecule has 1 aliphatic heterocycles. The van der Waals surface area contributed by atoms with Crippen LogP contribution >= 0.6 is 0 Å². The molecule has 0 amide bonds. The fourth-order valence-electron chi connectivity index (χ4n) is 3.14. The third kappa shape index (κ3) is 3.16. The third-order valence-electron chi connectivity index (χ3n) is 4.42. The van der Waals surface area contributed by atoms with Gasteiger partial charge in [-0.2, -0.15) is 0 Å². The van der Waals surface area contributed by atoms with Gasteiger partial charge in [0, 0.05) is 11.4 Å². The van der Waals surface area contributed by atoms with E-state index in [0.717, 1.165) is 36.7 Å². The number of hydrogen-bond donors (Lipinski definition) is 2. The van der Waals surface area contributed by atoms with Crippen molar-refractivity contribution in [3.63, 3.8) is 0 Å². The molecule has 5 heteroatoms. The van der Waals surface area contributed by atoms with E-state index in [1.165, 1.54) is 0 Å². The van der Waals surface area contributed by atoms with Gasteiger partial charge in [-0.1, -0.05) is 36.4 Å². The van der Waals surface area contributed by atoms with E-state index >= 15 is 0 Å². The second-order valence-electron chi connectivity index (χ2n) is 5.99. The molecular weight excluding hydrogens is 296 g/mol. The van der Waals surface area contributed by atoms with E-state index in [9.17, 15) is 8.42 Å². The molecule has 0 aromatic heterocycles. The molecule has 1 aliphatic rings. The molecule has 0 radical (unpaired) electrons. The van der Waals surface area contributed by atoms with Crippen LogP contribution in [-0.4, -0.2) is 27.5 Å². The number of piperidine rings is 1. The SMILES string of the molecule is CC(NS(=O)(=O)c1cccc2ccccc12)C1CCCNC1. The minimum Gasteiger partial charge on any atom is -0.316 e. The number of rotatable bonds is 4. The quantitative estimate of drug-likeness (QED) is 0.910. The summed E-state index contributed by atoms with van der Waals surface area (Å²) in [6.45, 7) is 3.86. The maximum absolute atomic E-state index is 12.8. The number of hydrogen-bond acceptors (Lipinski definition) is 3. The standard InChI is InChI=1S/C17H22N2O2S/c1-13(15-8-5-11-18-12-15)19-22(20,21)17-10-4-7-14-6-2-3-9-16(14)17/h2-4,6-7,9-10,13,15,18-19H,5,8,11-12H2,1H3. The Bertz CT molecular complexity index is 747. The Morgan fingerprint density at radius 2 is 1.95 bits per heavy atom. The molecule has 118 valence electrons. The van der Waals surface area contributed by atoms with E-state index in [-0.39, 0.29) is 6.04 Å². The Morgan fingerprint density at radius 1 is 1.18 bits per heavy atom. The lowest BCUT2D eigenvalue weighted by molar-refractivity contribution is 0.320. The lowest BCUT2D eigenvalue weighted by atomic mass is 9.94. The first-order valence-corrected chi connectivity index (χ1v) is 9.27. The number of fused-ring (bicyclic) bond motifs is 1. The Labute approximate surface area is 132 Å². The maximum Gasteiger partial charge on any atom is 0.241 e. The lowest BCUT2D eigenvalue weighted by Gasteiger charge is -2.28. The summed E-state index contributed by atoms with van der Waals surface area (Å²) in [7, 11) is -3.51. The Balaban J connectivity index is 1.88. The summed E-state index contributed by atoms with van der Waals surface area (Å²) in [5.41, 5.74) is 0. The van der Waals surface area contributed by atoms with Crippen LogP contribution in [0.1, 0.15) is 19.8 Å². The van der Waals surface area contributed by atoms with Crippen molar-refractivity contribution < 1.29 is 8.42 Å². The molecule has 1 saturated heterocycles. The zero-order valence-corrected chi connectivity index (χ0v) is 13.6. The summed E-state index contributed by atoms with van der Waals surface area (Å²) in [4.78, 5) is 0.362. The monoisotopic (exact) mass is 318 g/mol. The van der Waals surface area contributed by atoms with Gasteiger partial charge in [0.1, 0.15) is 0 Å². The van der Waals surface area contributed by atoms with Crippen LogP contribution in [0.5, 0.6) is 0 Å². The van der Waals surface area contributed by atoms with Crippen LogP contribution in [-0.2, 0) is 10.0 Å². The molecule has 0 spiro atoms. The van der Waals surface area contributed by atoms with Gasteiger partial charge in [0.15, 0.2) is 0 Å². The summed E-state index contributed by atoms with van der Waals surface area (Å²) >= 11 is 0. The Morgan fingerprint density at radius 3 is 2.73 bits per heavy atom. The van der Waals surface area contributed by atoms with Crippen molar-refractivity contribution in [3.8, 4) is 0 Å². The maximum atomic E-state index is 12.8. The van der Waals surface area contributed by atoms with E-state index in [4.69, 9.17) is 0 Å². The second kappa shape index (κ2) is 6.36. The van der Waals surface area contributed by atoms with Gasteiger partial charge >= 0.3 is 0 Å².